The van der Waals surface area contributed by atoms with Gasteiger partial charge < -0.3 is 9.84 Å². The summed E-state index contributed by atoms with van der Waals surface area (Å²) in [7, 11) is 1.46. The fourth-order valence-electron chi connectivity index (χ4n) is 2.13. The maximum atomic E-state index is 10.7. The van der Waals surface area contributed by atoms with E-state index in [9.17, 15) is 4.79 Å². The van der Waals surface area contributed by atoms with E-state index in [2.05, 4.69) is 24.3 Å². The summed E-state index contributed by atoms with van der Waals surface area (Å²) in [4.78, 5) is 11.9. The molecule has 2 aromatic rings. The first-order valence-corrected chi connectivity index (χ1v) is 8.51. The van der Waals surface area contributed by atoms with Crippen molar-refractivity contribution in [3.05, 3.63) is 83.6 Å². The Hall–Kier alpha value is -2.46. The Morgan fingerprint density at radius 2 is 1.75 bits per heavy atom. The second kappa shape index (κ2) is 8.99. The zero-order chi connectivity index (χ0) is 17.4. The number of ether oxygens (including phenoxy) is 1. The largest absolute Gasteiger partial charge is 0.496 e. The van der Waals surface area contributed by atoms with Crippen LogP contribution in [0.1, 0.15) is 18.1 Å². The number of carbonyl (C=O) groups is 1. The fraction of sp³-hybridized carbons (Fsp3) is 0.150. The van der Waals surface area contributed by atoms with Crippen LogP contribution in [0.25, 0.3) is 5.57 Å². The normalized spacial score (nSPS) is 12.1. The Balaban J connectivity index is 2.04. The lowest BCUT2D eigenvalue weighted by molar-refractivity contribution is -0.131. The minimum Gasteiger partial charge on any atom is -0.496 e. The van der Waals surface area contributed by atoms with Gasteiger partial charge in [-0.15, -0.1) is 11.8 Å². The van der Waals surface area contributed by atoms with Gasteiger partial charge in [-0.25, -0.2) is 4.79 Å². The Bertz CT molecular complexity index is 731. The van der Waals surface area contributed by atoms with Crippen molar-refractivity contribution in [2.75, 3.05) is 7.11 Å². The van der Waals surface area contributed by atoms with E-state index in [-0.39, 0.29) is 0 Å². The molecule has 0 radical (unpaired) electrons. The van der Waals surface area contributed by atoms with Crippen molar-refractivity contribution >= 4 is 23.3 Å². The van der Waals surface area contributed by atoms with Crippen molar-refractivity contribution < 1.29 is 14.6 Å². The summed E-state index contributed by atoms with van der Waals surface area (Å²) >= 11 is 1.79. The highest BCUT2D eigenvalue weighted by Gasteiger charge is 2.02. The number of carboxylic acids is 1. The number of methoxy groups -OCH3 is 1. The van der Waals surface area contributed by atoms with Gasteiger partial charge in [-0.3, -0.25) is 0 Å². The molecule has 2 aromatic carbocycles. The molecule has 4 heteroatoms. The van der Waals surface area contributed by atoms with Crippen LogP contribution in [0.15, 0.2) is 77.4 Å². The summed E-state index contributed by atoms with van der Waals surface area (Å²) in [5.41, 5.74) is 3.28. The highest BCUT2D eigenvalue weighted by Crippen LogP contribution is 2.25. The third-order valence-electron chi connectivity index (χ3n) is 3.42. The quantitative estimate of drug-likeness (QED) is 0.333. The van der Waals surface area contributed by atoms with Crippen LogP contribution < -0.4 is 0 Å². The SMILES string of the molecule is COC(=C\C(=O)O)/C=C(\C)c1ccc(SCc2ccccc2)cc1. The number of allylic oxidation sites excluding steroid dienone is 2. The number of aliphatic carboxylic acids is 1. The third kappa shape index (κ3) is 5.63. The first kappa shape index (κ1) is 17.9. The predicted octanol–water partition coefficient (Wildman–Crippen LogP) is 5.00. The van der Waals surface area contributed by atoms with Crippen LogP contribution in [0.5, 0.6) is 0 Å². The van der Waals surface area contributed by atoms with Gasteiger partial charge in [0.15, 0.2) is 0 Å². The van der Waals surface area contributed by atoms with E-state index in [1.165, 1.54) is 17.6 Å². The third-order valence-corrected chi connectivity index (χ3v) is 4.50. The lowest BCUT2D eigenvalue weighted by atomic mass is 10.1. The molecule has 0 bridgehead atoms. The van der Waals surface area contributed by atoms with Crippen molar-refractivity contribution in [2.24, 2.45) is 0 Å². The minimum atomic E-state index is -1.02. The molecule has 0 saturated carbocycles. The van der Waals surface area contributed by atoms with Crippen molar-refractivity contribution in [1.82, 2.24) is 0 Å². The van der Waals surface area contributed by atoms with Crippen LogP contribution in [0.2, 0.25) is 0 Å². The Kier molecular flexibility index (Phi) is 6.70. The van der Waals surface area contributed by atoms with E-state index < -0.39 is 5.97 Å². The van der Waals surface area contributed by atoms with Gasteiger partial charge in [-0.2, -0.15) is 0 Å². The minimum absolute atomic E-state index is 0.322. The van der Waals surface area contributed by atoms with Gasteiger partial charge in [0.25, 0.3) is 0 Å². The lowest BCUT2D eigenvalue weighted by Gasteiger charge is -2.06. The fourth-order valence-corrected chi connectivity index (χ4v) is 2.99. The predicted molar refractivity (Wildman–Crippen MR) is 98.8 cm³/mol. The molecule has 0 fully saturated rings. The highest BCUT2D eigenvalue weighted by atomic mass is 32.2. The summed E-state index contributed by atoms with van der Waals surface area (Å²) in [6, 6.07) is 18.6. The topological polar surface area (TPSA) is 46.5 Å². The second-order valence-electron chi connectivity index (χ2n) is 5.22. The van der Waals surface area contributed by atoms with E-state index >= 15 is 0 Å². The van der Waals surface area contributed by atoms with Gasteiger partial charge in [0, 0.05) is 10.6 Å². The van der Waals surface area contributed by atoms with Gasteiger partial charge in [0.1, 0.15) is 5.76 Å². The smallest absolute Gasteiger partial charge is 0.332 e. The summed E-state index contributed by atoms with van der Waals surface area (Å²) in [5, 5.41) is 8.80. The average molecular weight is 340 g/mol. The Morgan fingerprint density at radius 1 is 1.08 bits per heavy atom. The number of rotatable bonds is 7. The van der Waals surface area contributed by atoms with E-state index in [0.29, 0.717) is 5.76 Å². The number of hydrogen-bond acceptors (Lipinski definition) is 3. The molecule has 0 saturated heterocycles. The number of carboxylic acid groups (broad SMARTS) is 1. The second-order valence-corrected chi connectivity index (χ2v) is 6.26. The maximum absolute atomic E-state index is 10.7. The lowest BCUT2D eigenvalue weighted by Crippen LogP contribution is -1.93. The van der Waals surface area contributed by atoms with Crippen molar-refractivity contribution in [2.45, 2.75) is 17.6 Å². The molecule has 0 amide bonds. The first-order chi connectivity index (χ1) is 11.6. The monoisotopic (exact) mass is 340 g/mol. The summed E-state index contributed by atoms with van der Waals surface area (Å²) in [6.45, 7) is 1.93. The molecule has 3 nitrogen and oxygen atoms in total. The molecule has 0 spiro atoms. The van der Waals surface area contributed by atoms with Gasteiger partial charge in [-0.1, -0.05) is 42.5 Å². The number of hydrogen-bond donors (Lipinski definition) is 1. The molecule has 0 unspecified atom stereocenters. The Labute approximate surface area is 146 Å². The van der Waals surface area contributed by atoms with Crippen LogP contribution in [0.4, 0.5) is 0 Å². The molecular formula is C20H20O3S. The van der Waals surface area contributed by atoms with Gasteiger partial charge in [-0.05, 0) is 41.8 Å². The van der Waals surface area contributed by atoms with Crippen LogP contribution in [-0.2, 0) is 15.3 Å². The Morgan fingerprint density at radius 3 is 2.33 bits per heavy atom. The summed E-state index contributed by atoms with van der Waals surface area (Å²) in [6.07, 6.45) is 2.77. The van der Waals surface area contributed by atoms with Gasteiger partial charge >= 0.3 is 5.97 Å². The molecule has 0 aliphatic carbocycles. The maximum Gasteiger partial charge on any atom is 0.332 e. The van der Waals surface area contributed by atoms with E-state index in [1.807, 2.05) is 37.3 Å². The van der Waals surface area contributed by atoms with Gasteiger partial charge in [0.05, 0.1) is 13.2 Å². The number of benzene rings is 2. The molecule has 0 atom stereocenters. The molecule has 24 heavy (non-hydrogen) atoms. The molecule has 0 aliphatic heterocycles. The van der Waals surface area contributed by atoms with Crippen molar-refractivity contribution in [3.63, 3.8) is 0 Å². The van der Waals surface area contributed by atoms with Crippen LogP contribution >= 0.6 is 11.8 Å². The molecule has 0 aliphatic rings. The van der Waals surface area contributed by atoms with E-state index in [1.54, 1.807) is 17.8 Å². The van der Waals surface area contributed by atoms with Crippen LogP contribution in [0.3, 0.4) is 0 Å². The van der Waals surface area contributed by atoms with E-state index in [4.69, 9.17) is 9.84 Å². The first-order valence-electron chi connectivity index (χ1n) is 7.52. The van der Waals surface area contributed by atoms with Crippen molar-refractivity contribution in [3.8, 4) is 0 Å². The van der Waals surface area contributed by atoms with Gasteiger partial charge in [0.2, 0.25) is 0 Å². The molecule has 1 N–H and O–H groups in total. The standard InChI is InChI=1S/C20H20O3S/c1-15(12-18(23-2)13-20(21)22)17-8-10-19(11-9-17)24-14-16-6-4-3-5-7-16/h3-13H,14H2,1-2H3,(H,21,22)/b15-12+,18-13-. The molecule has 124 valence electrons. The van der Waals surface area contributed by atoms with Crippen LogP contribution in [0, 0.1) is 0 Å². The highest BCUT2D eigenvalue weighted by molar-refractivity contribution is 7.98. The molecular weight excluding hydrogens is 320 g/mol. The summed E-state index contributed by atoms with van der Waals surface area (Å²) in [5.74, 6) is 0.232. The zero-order valence-corrected chi connectivity index (χ0v) is 14.5. The number of thioether (sulfide) groups is 1. The average Bonchev–Trinajstić information content (AvgIpc) is 2.60. The van der Waals surface area contributed by atoms with Crippen molar-refractivity contribution in [1.29, 1.82) is 0 Å². The molecule has 2 rings (SSSR count). The van der Waals surface area contributed by atoms with E-state index in [0.717, 1.165) is 23.0 Å². The van der Waals surface area contributed by atoms with Crippen LogP contribution in [-0.4, -0.2) is 18.2 Å². The summed E-state index contributed by atoms with van der Waals surface area (Å²) < 4.78 is 5.06. The molecule has 0 aromatic heterocycles. The molecule has 0 heterocycles. The zero-order valence-electron chi connectivity index (χ0n) is 13.7.